The number of hydrogen-bond acceptors (Lipinski definition) is 4. The highest BCUT2D eigenvalue weighted by Gasteiger charge is 2.43. The van der Waals surface area contributed by atoms with Crippen LogP contribution < -0.4 is 5.32 Å². The minimum atomic E-state index is -1.19. The Balaban J connectivity index is 1.67. The molecule has 0 bridgehead atoms. The van der Waals surface area contributed by atoms with Crippen LogP contribution in [0.15, 0.2) is 60.8 Å². The van der Waals surface area contributed by atoms with Gasteiger partial charge in [-0.15, -0.1) is 0 Å². The molecule has 1 aliphatic heterocycles. The first-order valence-electron chi connectivity index (χ1n) is 13.7. The zero-order valence-electron chi connectivity index (χ0n) is 22.5. The lowest BCUT2D eigenvalue weighted by Gasteiger charge is -2.43. The number of halogens is 1. The minimum absolute atomic E-state index is 0.00271. The van der Waals surface area contributed by atoms with Crippen molar-refractivity contribution in [2.45, 2.75) is 57.6 Å². The zero-order valence-corrected chi connectivity index (χ0v) is 23.3. The van der Waals surface area contributed by atoms with E-state index in [1.807, 2.05) is 54.4 Å². The van der Waals surface area contributed by atoms with E-state index in [0.717, 1.165) is 54.5 Å². The Morgan fingerprint density at radius 3 is 2.71 bits per heavy atom. The van der Waals surface area contributed by atoms with Gasteiger partial charge in [0, 0.05) is 42.9 Å². The molecule has 1 aromatic heterocycles. The van der Waals surface area contributed by atoms with E-state index >= 15 is 0 Å². The summed E-state index contributed by atoms with van der Waals surface area (Å²) in [7, 11) is 1.91. The smallest absolute Gasteiger partial charge is 0.253 e. The first-order valence-corrected chi connectivity index (χ1v) is 14.1. The molecule has 1 amide bonds. The van der Waals surface area contributed by atoms with Crippen LogP contribution in [-0.4, -0.2) is 41.0 Å². The van der Waals surface area contributed by atoms with E-state index in [0.29, 0.717) is 36.6 Å². The molecule has 2 aromatic carbocycles. The summed E-state index contributed by atoms with van der Waals surface area (Å²) < 4.78 is 0. The number of benzene rings is 2. The molecule has 3 aromatic rings. The normalized spacial score (nSPS) is 17.3. The molecule has 201 valence electrons. The fraction of sp³-hybridized carbons (Fsp3) is 0.406. The third-order valence-corrected chi connectivity index (χ3v) is 7.94. The number of aryl methyl sites for hydroxylation is 1. The number of piperidine rings is 1. The summed E-state index contributed by atoms with van der Waals surface area (Å²) >= 11 is 6.73. The molecule has 4 rings (SSSR count). The molecule has 1 aliphatic rings. The van der Waals surface area contributed by atoms with E-state index in [2.05, 4.69) is 36.3 Å². The van der Waals surface area contributed by atoms with Gasteiger partial charge in [0.15, 0.2) is 0 Å². The Morgan fingerprint density at radius 1 is 1.21 bits per heavy atom. The number of aliphatic hydroxyl groups is 1. The van der Waals surface area contributed by atoms with Crippen molar-refractivity contribution in [2.75, 3.05) is 20.1 Å². The SMILES string of the molecule is [CH2]CCC(O)(c1ccnc(Cl)c1-c1cccc(CCC)c1)C1CCCN(C(=O)c2ccc(CNC)cc2)C1. The maximum Gasteiger partial charge on any atom is 0.253 e. The number of likely N-dealkylation sites (tertiary alicyclic amines) is 1. The molecule has 1 fully saturated rings. The quantitative estimate of drug-likeness (QED) is 0.295. The van der Waals surface area contributed by atoms with Crippen molar-refractivity contribution in [3.05, 3.63) is 95.1 Å². The lowest BCUT2D eigenvalue weighted by atomic mass is 9.72. The number of carbonyl (C=O) groups excluding carboxylic acids is 1. The highest BCUT2D eigenvalue weighted by molar-refractivity contribution is 6.32. The van der Waals surface area contributed by atoms with Gasteiger partial charge in [-0.25, -0.2) is 4.98 Å². The van der Waals surface area contributed by atoms with Gasteiger partial charge in [0.2, 0.25) is 0 Å². The highest BCUT2D eigenvalue weighted by atomic mass is 35.5. The topological polar surface area (TPSA) is 65.5 Å². The second kappa shape index (κ2) is 12.9. The summed E-state index contributed by atoms with van der Waals surface area (Å²) in [5.74, 6) is -0.149. The third kappa shape index (κ3) is 6.12. The van der Waals surface area contributed by atoms with E-state index < -0.39 is 5.60 Å². The predicted molar refractivity (Wildman–Crippen MR) is 155 cm³/mol. The van der Waals surface area contributed by atoms with Gasteiger partial charge >= 0.3 is 0 Å². The summed E-state index contributed by atoms with van der Waals surface area (Å²) in [5.41, 5.74) is 4.34. The van der Waals surface area contributed by atoms with Gasteiger partial charge in [-0.05, 0) is 73.2 Å². The molecule has 2 atom stereocenters. The number of hydrogen-bond donors (Lipinski definition) is 2. The van der Waals surface area contributed by atoms with Crippen molar-refractivity contribution in [1.29, 1.82) is 0 Å². The Hall–Kier alpha value is -2.73. The minimum Gasteiger partial charge on any atom is -0.385 e. The lowest BCUT2D eigenvalue weighted by Crippen LogP contribution is -2.48. The first-order chi connectivity index (χ1) is 18.4. The molecular formula is C32H39ClN3O2. The summed E-state index contributed by atoms with van der Waals surface area (Å²) in [6.45, 7) is 8.16. The molecule has 38 heavy (non-hydrogen) atoms. The number of nitrogens with zero attached hydrogens (tertiary/aromatic N) is 2. The van der Waals surface area contributed by atoms with Crippen molar-refractivity contribution in [3.63, 3.8) is 0 Å². The number of amides is 1. The molecule has 5 nitrogen and oxygen atoms in total. The van der Waals surface area contributed by atoms with Crippen molar-refractivity contribution in [1.82, 2.24) is 15.2 Å². The molecule has 0 spiro atoms. The molecule has 1 radical (unpaired) electrons. The molecule has 1 saturated heterocycles. The first kappa shape index (κ1) is 28.3. The number of nitrogens with one attached hydrogen (secondary N) is 1. The predicted octanol–water partition coefficient (Wildman–Crippen LogP) is 6.43. The summed E-state index contributed by atoms with van der Waals surface area (Å²) in [5, 5.41) is 16.0. The number of aromatic nitrogens is 1. The van der Waals surface area contributed by atoms with Crippen LogP contribution in [-0.2, 0) is 18.6 Å². The number of rotatable bonds is 10. The largest absolute Gasteiger partial charge is 0.385 e. The van der Waals surface area contributed by atoms with Crippen LogP contribution in [0, 0.1) is 12.8 Å². The molecule has 0 aliphatic carbocycles. The third-order valence-electron chi connectivity index (χ3n) is 7.65. The van der Waals surface area contributed by atoms with E-state index in [9.17, 15) is 9.90 Å². The highest BCUT2D eigenvalue weighted by Crippen LogP contribution is 2.45. The summed E-state index contributed by atoms with van der Waals surface area (Å²) in [4.78, 5) is 19.7. The fourth-order valence-corrected chi connectivity index (χ4v) is 6.04. The maximum atomic E-state index is 13.5. The zero-order chi connectivity index (χ0) is 27.1. The van der Waals surface area contributed by atoms with Crippen molar-refractivity contribution in [2.24, 2.45) is 5.92 Å². The Kier molecular flexibility index (Phi) is 9.59. The molecule has 2 heterocycles. The van der Waals surface area contributed by atoms with E-state index in [-0.39, 0.29) is 11.8 Å². The van der Waals surface area contributed by atoms with E-state index in [1.165, 1.54) is 5.56 Å². The molecule has 6 heteroatoms. The average Bonchev–Trinajstić information content (AvgIpc) is 2.93. The van der Waals surface area contributed by atoms with Crippen LogP contribution in [0.4, 0.5) is 0 Å². The number of carbonyl (C=O) groups is 1. The monoisotopic (exact) mass is 532 g/mol. The van der Waals surface area contributed by atoms with Crippen molar-refractivity contribution in [3.8, 4) is 11.1 Å². The van der Waals surface area contributed by atoms with Gasteiger partial charge in [0.05, 0.1) is 5.60 Å². The van der Waals surface area contributed by atoms with Crippen LogP contribution in [0.25, 0.3) is 11.1 Å². The van der Waals surface area contributed by atoms with Crippen LogP contribution in [0.2, 0.25) is 5.15 Å². The average molecular weight is 533 g/mol. The molecule has 2 N–H and O–H groups in total. The Bertz CT molecular complexity index is 1230. The van der Waals surface area contributed by atoms with Crippen LogP contribution >= 0.6 is 11.6 Å². The Morgan fingerprint density at radius 2 is 2.00 bits per heavy atom. The van der Waals surface area contributed by atoms with Gasteiger partial charge in [0.25, 0.3) is 5.91 Å². The van der Waals surface area contributed by atoms with Gasteiger partial charge in [-0.1, -0.05) is 74.7 Å². The standard InChI is InChI=1S/C32H39ClN3O2/c1-4-8-23-9-6-10-26(20-23)29-28(16-18-35-30(29)33)32(38,17-5-2)27-11-7-19-36(22-27)31(37)25-14-12-24(13-15-25)21-34-3/h6,9-10,12-16,18,20,27,34,38H,2,4-5,7-8,11,17,19,21-22H2,1,3H3. The van der Waals surface area contributed by atoms with Gasteiger partial charge in [0.1, 0.15) is 5.15 Å². The van der Waals surface area contributed by atoms with E-state index in [4.69, 9.17) is 11.6 Å². The fourth-order valence-electron chi connectivity index (χ4n) is 5.77. The van der Waals surface area contributed by atoms with Crippen molar-refractivity contribution < 1.29 is 9.90 Å². The summed E-state index contributed by atoms with van der Waals surface area (Å²) in [6, 6.07) is 18.0. The second-order valence-corrected chi connectivity index (χ2v) is 10.7. The molecule has 0 saturated carbocycles. The van der Waals surface area contributed by atoms with Gasteiger partial charge in [-0.2, -0.15) is 0 Å². The molecule has 2 unspecified atom stereocenters. The van der Waals surface area contributed by atoms with E-state index in [1.54, 1.807) is 6.20 Å². The maximum absolute atomic E-state index is 13.5. The Labute approximate surface area is 232 Å². The second-order valence-electron chi connectivity index (χ2n) is 10.3. The van der Waals surface area contributed by atoms with Crippen LogP contribution in [0.5, 0.6) is 0 Å². The number of pyridine rings is 1. The lowest BCUT2D eigenvalue weighted by molar-refractivity contribution is -0.0546. The van der Waals surface area contributed by atoms with Gasteiger partial charge in [-0.3, -0.25) is 4.79 Å². The summed E-state index contributed by atoms with van der Waals surface area (Å²) in [6.07, 6.45) is 6.37. The van der Waals surface area contributed by atoms with Crippen molar-refractivity contribution >= 4 is 17.5 Å². The molecular weight excluding hydrogens is 494 g/mol. The van der Waals surface area contributed by atoms with Crippen LogP contribution in [0.1, 0.15) is 66.1 Å². The van der Waals surface area contributed by atoms with Crippen LogP contribution in [0.3, 0.4) is 0 Å². The van der Waals surface area contributed by atoms with Gasteiger partial charge < -0.3 is 15.3 Å².